The molecule has 0 atom stereocenters. The summed E-state index contributed by atoms with van der Waals surface area (Å²) in [6, 6.07) is 12.2. The molecular weight excluding hydrogens is 366 g/mol. The molecule has 0 fully saturated rings. The van der Waals surface area contributed by atoms with Gasteiger partial charge in [-0.3, -0.25) is 9.79 Å². The number of anilines is 1. The molecule has 1 N–H and O–H groups in total. The first kappa shape index (κ1) is 19.0. The minimum atomic E-state index is -1.07. The van der Waals surface area contributed by atoms with Gasteiger partial charge in [-0.2, -0.15) is 4.99 Å². The SMILES string of the molecule is CC1(C)N=C(c2ccccc2Cl)c2cc(N=C=O)ccc2N(CCO)C1=O. The third-order valence-electron chi connectivity index (χ3n) is 4.31. The van der Waals surface area contributed by atoms with Crippen LogP contribution < -0.4 is 4.90 Å². The van der Waals surface area contributed by atoms with E-state index >= 15 is 0 Å². The summed E-state index contributed by atoms with van der Waals surface area (Å²) in [6.07, 6.45) is 1.52. The standard InChI is InChI=1S/C20H18ClN3O3/c1-20(2)19(27)24(9-10-25)17-8-7-13(22-12-26)11-15(17)18(23-20)14-5-3-4-6-16(14)21/h3-8,11,25H,9-10H2,1-2H3. The van der Waals surface area contributed by atoms with Gasteiger partial charge in [-0.25, -0.2) is 4.79 Å². The number of rotatable bonds is 4. The Morgan fingerprint density at radius 1 is 1.22 bits per heavy atom. The Hall–Kier alpha value is -2.79. The number of nitrogens with zero attached hydrogens (tertiary/aromatic N) is 3. The summed E-state index contributed by atoms with van der Waals surface area (Å²) in [5.41, 5.74) is 1.68. The largest absolute Gasteiger partial charge is 0.395 e. The first-order valence-electron chi connectivity index (χ1n) is 8.39. The van der Waals surface area contributed by atoms with Crippen LogP contribution in [0.4, 0.5) is 11.4 Å². The van der Waals surface area contributed by atoms with Crippen LogP contribution in [0.2, 0.25) is 5.02 Å². The highest BCUT2D eigenvalue weighted by Crippen LogP contribution is 2.35. The van der Waals surface area contributed by atoms with Crippen molar-refractivity contribution in [2.24, 2.45) is 9.98 Å². The lowest BCUT2D eigenvalue weighted by Crippen LogP contribution is -2.45. The van der Waals surface area contributed by atoms with Crippen molar-refractivity contribution in [3.8, 4) is 0 Å². The Kier molecular flexibility index (Phi) is 5.24. The smallest absolute Gasteiger partial charge is 0.254 e. The van der Waals surface area contributed by atoms with E-state index in [-0.39, 0.29) is 19.1 Å². The maximum Gasteiger partial charge on any atom is 0.254 e. The van der Waals surface area contributed by atoms with Crippen molar-refractivity contribution in [3.63, 3.8) is 0 Å². The molecule has 6 nitrogen and oxygen atoms in total. The van der Waals surface area contributed by atoms with E-state index in [1.54, 1.807) is 38.1 Å². The predicted octanol–water partition coefficient (Wildman–Crippen LogP) is 3.26. The van der Waals surface area contributed by atoms with E-state index in [2.05, 4.69) is 4.99 Å². The zero-order chi connectivity index (χ0) is 19.6. The Balaban J connectivity index is 2.36. The summed E-state index contributed by atoms with van der Waals surface area (Å²) in [5, 5.41) is 9.96. The molecule has 2 aromatic carbocycles. The minimum absolute atomic E-state index is 0.122. The van der Waals surface area contributed by atoms with Crippen molar-refractivity contribution in [1.82, 2.24) is 0 Å². The first-order chi connectivity index (χ1) is 12.9. The van der Waals surface area contributed by atoms with Crippen LogP contribution in [-0.2, 0) is 9.59 Å². The molecule has 0 radical (unpaired) electrons. The first-order valence-corrected chi connectivity index (χ1v) is 8.76. The van der Waals surface area contributed by atoms with Crippen LogP contribution in [0, 0.1) is 0 Å². The molecule has 1 amide bonds. The molecule has 0 saturated carbocycles. The lowest BCUT2D eigenvalue weighted by Gasteiger charge is -2.27. The number of carbonyl (C=O) groups is 1. The number of aliphatic hydroxyl groups is 1. The van der Waals surface area contributed by atoms with Crippen LogP contribution in [0.1, 0.15) is 25.0 Å². The quantitative estimate of drug-likeness (QED) is 0.649. The second kappa shape index (κ2) is 7.45. The van der Waals surface area contributed by atoms with Gasteiger partial charge in [0.05, 0.1) is 23.7 Å². The molecule has 0 unspecified atom stereocenters. The summed E-state index contributed by atoms with van der Waals surface area (Å²) >= 11 is 6.40. The number of amides is 1. The number of aliphatic hydroxyl groups excluding tert-OH is 1. The second-order valence-corrected chi connectivity index (χ2v) is 6.99. The van der Waals surface area contributed by atoms with Crippen molar-refractivity contribution in [1.29, 1.82) is 0 Å². The van der Waals surface area contributed by atoms with Crippen LogP contribution >= 0.6 is 11.6 Å². The molecule has 138 valence electrons. The van der Waals surface area contributed by atoms with Gasteiger partial charge in [0.25, 0.3) is 5.91 Å². The lowest BCUT2D eigenvalue weighted by atomic mass is 9.99. The van der Waals surface area contributed by atoms with Crippen LogP contribution in [0.3, 0.4) is 0 Å². The molecule has 1 aliphatic heterocycles. The minimum Gasteiger partial charge on any atom is -0.395 e. The van der Waals surface area contributed by atoms with Crippen molar-refractivity contribution >= 4 is 40.7 Å². The number of halogens is 1. The molecule has 0 spiro atoms. The van der Waals surface area contributed by atoms with Gasteiger partial charge in [0.15, 0.2) is 0 Å². The van der Waals surface area contributed by atoms with Crippen molar-refractivity contribution in [2.75, 3.05) is 18.1 Å². The van der Waals surface area contributed by atoms with Crippen LogP contribution in [0.5, 0.6) is 0 Å². The normalized spacial score (nSPS) is 15.5. The van der Waals surface area contributed by atoms with Crippen molar-refractivity contribution in [2.45, 2.75) is 19.4 Å². The van der Waals surface area contributed by atoms with Gasteiger partial charge in [-0.15, -0.1) is 0 Å². The van der Waals surface area contributed by atoms with Gasteiger partial charge in [0.1, 0.15) is 5.54 Å². The van der Waals surface area contributed by atoms with Crippen LogP contribution in [0.15, 0.2) is 52.4 Å². The summed E-state index contributed by atoms with van der Waals surface area (Å²) in [5.74, 6) is -0.244. The number of aliphatic imine (C=N–C) groups is 2. The van der Waals surface area contributed by atoms with Crippen molar-refractivity contribution < 1.29 is 14.7 Å². The Bertz CT molecular complexity index is 978. The van der Waals surface area contributed by atoms with Gasteiger partial charge in [0.2, 0.25) is 6.08 Å². The van der Waals surface area contributed by atoms with E-state index in [0.29, 0.717) is 33.2 Å². The fraction of sp³-hybridized carbons (Fsp3) is 0.250. The average molecular weight is 384 g/mol. The Morgan fingerprint density at radius 2 is 1.96 bits per heavy atom. The molecular formula is C20H18ClN3O3. The number of β-amino-alcohol motifs (C(OH)–C–C–N with tert-alkyl or cyclic N) is 1. The number of carbonyl (C=O) groups excluding carboxylic acids is 2. The maximum absolute atomic E-state index is 13.1. The lowest BCUT2D eigenvalue weighted by molar-refractivity contribution is -0.122. The molecule has 0 aromatic heterocycles. The van der Waals surface area contributed by atoms with E-state index in [1.165, 1.54) is 11.0 Å². The van der Waals surface area contributed by atoms with E-state index in [4.69, 9.17) is 16.6 Å². The van der Waals surface area contributed by atoms with Gasteiger partial charge < -0.3 is 10.0 Å². The second-order valence-electron chi connectivity index (χ2n) is 6.58. The molecule has 0 saturated heterocycles. The van der Waals surface area contributed by atoms with Gasteiger partial charge in [-0.05, 0) is 38.1 Å². The van der Waals surface area contributed by atoms with E-state index in [0.717, 1.165) is 0 Å². The zero-order valence-corrected chi connectivity index (χ0v) is 15.7. The molecule has 27 heavy (non-hydrogen) atoms. The van der Waals surface area contributed by atoms with E-state index in [9.17, 15) is 14.7 Å². The summed E-state index contributed by atoms with van der Waals surface area (Å²) in [6.45, 7) is 3.35. The molecule has 3 rings (SSSR count). The van der Waals surface area contributed by atoms with Gasteiger partial charge in [0, 0.05) is 22.7 Å². The van der Waals surface area contributed by atoms with Crippen LogP contribution in [-0.4, -0.2) is 41.5 Å². The molecule has 7 heteroatoms. The number of hydrogen-bond donors (Lipinski definition) is 1. The fourth-order valence-corrected chi connectivity index (χ4v) is 3.30. The van der Waals surface area contributed by atoms with Gasteiger partial charge >= 0.3 is 0 Å². The predicted molar refractivity (Wildman–Crippen MR) is 105 cm³/mol. The Labute approximate surface area is 161 Å². The number of benzene rings is 2. The average Bonchev–Trinajstić information content (AvgIpc) is 2.72. The van der Waals surface area contributed by atoms with Crippen molar-refractivity contribution in [3.05, 3.63) is 58.6 Å². The third kappa shape index (κ3) is 3.55. The van der Waals surface area contributed by atoms with E-state index < -0.39 is 5.54 Å². The molecule has 2 aromatic rings. The monoisotopic (exact) mass is 383 g/mol. The maximum atomic E-state index is 13.1. The van der Waals surface area contributed by atoms with Crippen LogP contribution in [0.25, 0.3) is 0 Å². The van der Waals surface area contributed by atoms with Gasteiger partial charge in [-0.1, -0.05) is 29.8 Å². The molecule has 1 aliphatic rings. The summed E-state index contributed by atoms with van der Waals surface area (Å²) in [4.78, 5) is 33.7. The highest BCUT2D eigenvalue weighted by molar-refractivity contribution is 6.36. The fourth-order valence-electron chi connectivity index (χ4n) is 3.08. The highest BCUT2D eigenvalue weighted by atomic mass is 35.5. The highest BCUT2D eigenvalue weighted by Gasteiger charge is 2.37. The summed E-state index contributed by atoms with van der Waals surface area (Å²) < 4.78 is 0. The Morgan fingerprint density at radius 3 is 2.63 bits per heavy atom. The number of fused-ring (bicyclic) bond motifs is 1. The topological polar surface area (TPSA) is 82.3 Å². The zero-order valence-electron chi connectivity index (χ0n) is 14.9. The molecule has 1 heterocycles. The van der Waals surface area contributed by atoms with E-state index in [1.807, 2.05) is 18.2 Å². The number of benzodiazepines with no additional fused rings is 1. The number of isocyanates is 1. The molecule has 0 aliphatic carbocycles. The summed E-state index contributed by atoms with van der Waals surface area (Å²) in [7, 11) is 0. The molecule has 0 bridgehead atoms. The number of hydrogen-bond acceptors (Lipinski definition) is 5. The third-order valence-corrected chi connectivity index (χ3v) is 4.64.